The van der Waals surface area contributed by atoms with Crippen molar-refractivity contribution in [2.24, 2.45) is 0 Å². The van der Waals surface area contributed by atoms with E-state index in [1.807, 2.05) is 30.5 Å². The van der Waals surface area contributed by atoms with Crippen LogP contribution in [-0.2, 0) is 11.3 Å². The average Bonchev–Trinajstić information content (AvgIpc) is 2.92. The van der Waals surface area contributed by atoms with Gasteiger partial charge in [0.25, 0.3) is 5.91 Å². The minimum Gasteiger partial charge on any atom is -0.465 e. The monoisotopic (exact) mass is 303 g/mol. The number of benzene rings is 1. The van der Waals surface area contributed by atoms with Gasteiger partial charge in [0.2, 0.25) is 0 Å². The maximum absolute atomic E-state index is 12.3. The molecule has 2 aromatic rings. The van der Waals surface area contributed by atoms with Crippen molar-refractivity contribution in [2.45, 2.75) is 13.5 Å². The van der Waals surface area contributed by atoms with E-state index in [1.54, 1.807) is 24.1 Å². The van der Waals surface area contributed by atoms with Gasteiger partial charge in [-0.15, -0.1) is 11.3 Å². The zero-order valence-electron chi connectivity index (χ0n) is 12.3. The standard InChI is InChI=1S/C16H17NO3S/c1-11-8-9-21-14(11)15(18)17(2)10-12-4-6-13(7-5-12)16(19)20-3/h4-9H,10H2,1-3H3. The minimum atomic E-state index is -0.361. The second kappa shape index (κ2) is 6.54. The van der Waals surface area contributed by atoms with Gasteiger partial charge in [0.15, 0.2) is 0 Å². The third kappa shape index (κ3) is 3.49. The third-order valence-electron chi connectivity index (χ3n) is 3.20. The van der Waals surface area contributed by atoms with E-state index in [9.17, 15) is 9.59 Å². The van der Waals surface area contributed by atoms with Crippen molar-refractivity contribution < 1.29 is 14.3 Å². The van der Waals surface area contributed by atoms with E-state index in [0.29, 0.717) is 12.1 Å². The zero-order valence-corrected chi connectivity index (χ0v) is 13.1. The Kier molecular flexibility index (Phi) is 4.75. The fraction of sp³-hybridized carbons (Fsp3) is 0.250. The van der Waals surface area contributed by atoms with Crippen molar-refractivity contribution in [2.75, 3.05) is 14.2 Å². The number of thiophene rings is 1. The lowest BCUT2D eigenvalue weighted by molar-refractivity contribution is 0.0600. The van der Waals surface area contributed by atoms with Gasteiger partial charge in [0, 0.05) is 13.6 Å². The Labute approximate surface area is 128 Å². The molecule has 0 aliphatic heterocycles. The Morgan fingerprint density at radius 3 is 2.38 bits per heavy atom. The van der Waals surface area contributed by atoms with Crippen LogP contribution in [0.2, 0.25) is 0 Å². The van der Waals surface area contributed by atoms with Gasteiger partial charge >= 0.3 is 5.97 Å². The fourth-order valence-electron chi connectivity index (χ4n) is 1.97. The summed E-state index contributed by atoms with van der Waals surface area (Å²) in [6, 6.07) is 9.01. The molecule has 0 saturated carbocycles. The SMILES string of the molecule is COC(=O)c1ccc(CN(C)C(=O)c2sccc2C)cc1. The van der Waals surface area contributed by atoms with E-state index >= 15 is 0 Å². The molecular weight excluding hydrogens is 286 g/mol. The Hall–Kier alpha value is -2.14. The van der Waals surface area contributed by atoms with E-state index in [4.69, 9.17) is 0 Å². The van der Waals surface area contributed by atoms with E-state index in [0.717, 1.165) is 16.0 Å². The van der Waals surface area contributed by atoms with Gasteiger partial charge in [0.05, 0.1) is 17.6 Å². The first-order valence-corrected chi connectivity index (χ1v) is 7.37. The summed E-state index contributed by atoms with van der Waals surface area (Å²) >= 11 is 1.45. The summed E-state index contributed by atoms with van der Waals surface area (Å²) in [7, 11) is 3.13. The lowest BCUT2D eigenvalue weighted by atomic mass is 10.1. The highest BCUT2D eigenvalue weighted by molar-refractivity contribution is 7.12. The number of carbonyl (C=O) groups is 2. The maximum Gasteiger partial charge on any atom is 0.337 e. The van der Waals surface area contributed by atoms with Crippen LogP contribution in [0.25, 0.3) is 0 Å². The van der Waals surface area contributed by atoms with Crippen LogP contribution in [0.1, 0.15) is 31.2 Å². The predicted molar refractivity (Wildman–Crippen MR) is 82.6 cm³/mol. The second-order valence-corrected chi connectivity index (χ2v) is 5.70. The molecule has 1 aromatic carbocycles. The van der Waals surface area contributed by atoms with Crippen LogP contribution >= 0.6 is 11.3 Å². The molecule has 0 fully saturated rings. The van der Waals surface area contributed by atoms with Crippen LogP contribution in [0.4, 0.5) is 0 Å². The van der Waals surface area contributed by atoms with Crippen molar-refractivity contribution in [1.82, 2.24) is 4.90 Å². The minimum absolute atomic E-state index is 0.0135. The third-order valence-corrected chi connectivity index (χ3v) is 4.20. The van der Waals surface area contributed by atoms with Crippen LogP contribution in [0, 0.1) is 6.92 Å². The number of hydrogen-bond donors (Lipinski definition) is 0. The number of aryl methyl sites for hydroxylation is 1. The summed E-state index contributed by atoms with van der Waals surface area (Å²) < 4.78 is 4.66. The highest BCUT2D eigenvalue weighted by atomic mass is 32.1. The fourth-order valence-corrected chi connectivity index (χ4v) is 2.89. The molecular formula is C16H17NO3S. The number of hydrogen-bond acceptors (Lipinski definition) is 4. The van der Waals surface area contributed by atoms with Gasteiger partial charge < -0.3 is 9.64 Å². The molecule has 0 bridgehead atoms. The summed E-state index contributed by atoms with van der Waals surface area (Å²) in [5.74, 6) is -0.347. The van der Waals surface area contributed by atoms with Gasteiger partial charge in [-0.05, 0) is 41.6 Å². The molecule has 0 N–H and O–H groups in total. The largest absolute Gasteiger partial charge is 0.465 e. The number of amides is 1. The van der Waals surface area contributed by atoms with Gasteiger partial charge in [-0.2, -0.15) is 0 Å². The Bertz CT molecular complexity index is 646. The molecule has 2 rings (SSSR count). The second-order valence-electron chi connectivity index (χ2n) is 4.78. The number of methoxy groups -OCH3 is 1. The lowest BCUT2D eigenvalue weighted by Crippen LogP contribution is -2.25. The van der Waals surface area contributed by atoms with E-state index in [2.05, 4.69) is 4.74 Å². The predicted octanol–water partition coefficient (Wildman–Crippen LogP) is 3.12. The molecule has 0 aliphatic carbocycles. The first-order chi connectivity index (χ1) is 10.0. The van der Waals surface area contributed by atoms with Gasteiger partial charge in [-0.3, -0.25) is 4.79 Å². The summed E-state index contributed by atoms with van der Waals surface area (Å²) in [6.07, 6.45) is 0. The van der Waals surface area contributed by atoms with Gasteiger partial charge in [-0.25, -0.2) is 4.79 Å². The van der Waals surface area contributed by atoms with Crippen LogP contribution in [0.15, 0.2) is 35.7 Å². The molecule has 0 unspecified atom stereocenters. The summed E-state index contributed by atoms with van der Waals surface area (Å²) in [5, 5.41) is 1.92. The summed E-state index contributed by atoms with van der Waals surface area (Å²) in [5.41, 5.74) is 2.47. The van der Waals surface area contributed by atoms with Gasteiger partial charge in [0.1, 0.15) is 0 Å². The number of carbonyl (C=O) groups excluding carboxylic acids is 2. The molecule has 1 aromatic heterocycles. The van der Waals surface area contributed by atoms with Crippen molar-refractivity contribution >= 4 is 23.2 Å². The van der Waals surface area contributed by atoms with Crippen molar-refractivity contribution in [1.29, 1.82) is 0 Å². The highest BCUT2D eigenvalue weighted by Gasteiger charge is 2.15. The van der Waals surface area contributed by atoms with Crippen LogP contribution in [0.3, 0.4) is 0 Å². The average molecular weight is 303 g/mol. The summed E-state index contributed by atoms with van der Waals surface area (Å²) in [6.45, 7) is 2.43. The number of esters is 1. The van der Waals surface area contributed by atoms with E-state index in [-0.39, 0.29) is 11.9 Å². The number of rotatable bonds is 4. The molecule has 5 heteroatoms. The normalized spacial score (nSPS) is 10.2. The molecule has 110 valence electrons. The Morgan fingerprint density at radius 2 is 1.86 bits per heavy atom. The topological polar surface area (TPSA) is 46.6 Å². The first-order valence-electron chi connectivity index (χ1n) is 6.49. The Morgan fingerprint density at radius 1 is 1.19 bits per heavy atom. The molecule has 0 saturated heterocycles. The molecule has 0 radical (unpaired) electrons. The van der Waals surface area contributed by atoms with Crippen molar-refractivity contribution in [3.8, 4) is 0 Å². The summed E-state index contributed by atoms with van der Waals surface area (Å²) in [4.78, 5) is 26.1. The Balaban J connectivity index is 2.06. The van der Waals surface area contributed by atoms with Crippen LogP contribution < -0.4 is 0 Å². The van der Waals surface area contributed by atoms with Crippen molar-refractivity contribution in [3.05, 3.63) is 57.3 Å². The van der Waals surface area contributed by atoms with Crippen molar-refractivity contribution in [3.63, 3.8) is 0 Å². The van der Waals surface area contributed by atoms with Crippen LogP contribution in [0.5, 0.6) is 0 Å². The van der Waals surface area contributed by atoms with E-state index < -0.39 is 0 Å². The first kappa shape index (κ1) is 15.3. The van der Waals surface area contributed by atoms with E-state index in [1.165, 1.54) is 18.4 Å². The molecule has 1 heterocycles. The molecule has 1 amide bonds. The molecule has 21 heavy (non-hydrogen) atoms. The lowest BCUT2D eigenvalue weighted by Gasteiger charge is -2.17. The molecule has 0 atom stereocenters. The maximum atomic E-state index is 12.3. The molecule has 0 aliphatic rings. The quantitative estimate of drug-likeness (QED) is 0.815. The number of nitrogens with zero attached hydrogens (tertiary/aromatic N) is 1. The molecule has 4 nitrogen and oxygen atoms in total. The molecule has 0 spiro atoms. The van der Waals surface area contributed by atoms with Crippen LogP contribution in [-0.4, -0.2) is 30.9 Å². The smallest absolute Gasteiger partial charge is 0.337 e. The number of ether oxygens (including phenoxy) is 1. The zero-order chi connectivity index (χ0) is 15.4. The van der Waals surface area contributed by atoms with Gasteiger partial charge in [-0.1, -0.05) is 12.1 Å². The highest BCUT2D eigenvalue weighted by Crippen LogP contribution is 2.18.